The molecule has 14 heavy (non-hydrogen) atoms. The Bertz CT molecular complexity index is 521. The maximum Gasteiger partial charge on any atom is 0.292 e. The Morgan fingerprint density at radius 2 is 1.79 bits per heavy atom. The number of nitrogens with two attached hydrogens (primary N) is 1. The fourth-order valence-corrected chi connectivity index (χ4v) is 1.48. The maximum absolute atomic E-state index is 5.42. The third kappa shape index (κ3) is 0.891. The highest BCUT2D eigenvalue weighted by Gasteiger charge is 2.08. The fourth-order valence-electron chi connectivity index (χ4n) is 1.48. The first-order valence-corrected chi connectivity index (χ1v) is 4.15. The van der Waals surface area contributed by atoms with E-state index in [2.05, 4.69) is 9.97 Å². The number of rotatable bonds is 0. The number of aromatic nitrogens is 2. The predicted molar refractivity (Wildman–Crippen MR) is 50.7 cm³/mol. The Balaban J connectivity index is 2.49. The van der Waals surface area contributed by atoms with Crippen molar-refractivity contribution in [2.45, 2.75) is 6.92 Å². The Hall–Kier alpha value is -2.04. The van der Waals surface area contributed by atoms with Crippen LogP contribution in [0.15, 0.2) is 21.0 Å². The van der Waals surface area contributed by atoms with Crippen LogP contribution in [0.25, 0.3) is 22.2 Å². The van der Waals surface area contributed by atoms with E-state index in [4.69, 9.17) is 14.6 Å². The smallest absolute Gasteiger partial charge is 0.292 e. The zero-order valence-electron chi connectivity index (χ0n) is 7.44. The molecule has 0 fully saturated rings. The minimum atomic E-state index is 0.157. The van der Waals surface area contributed by atoms with Gasteiger partial charge in [0.25, 0.3) is 6.01 Å². The first-order valence-electron chi connectivity index (χ1n) is 4.15. The standard InChI is InChI=1S/C9H7N3O2/c1-4-11-5-2-6-8(3-7(5)13-4)14-9(10)12-6/h2-3H,1H3,(H2,10,12). The van der Waals surface area contributed by atoms with Crippen molar-refractivity contribution in [2.75, 3.05) is 5.73 Å². The summed E-state index contributed by atoms with van der Waals surface area (Å²) in [7, 11) is 0. The highest BCUT2D eigenvalue weighted by molar-refractivity contribution is 5.89. The van der Waals surface area contributed by atoms with E-state index >= 15 is 0 Å². The molecule has 0 saturated carbocycles. The van der Waals surface area contributed by atoms with Crippen molar-refractivity contribution in [3.63, 3.8) is 0 Å². The summed E-state index contributed by atoms with van der Waals surface area (Å²) in [5.41, 5.74) is 8.19. The summed E-state index contributed by atoms with van der Waals surface area (Å²) in [6, 6.07) is 3.69. The first-order chi connectivity index (χ1) is 6.72. The van der Waals surface area contributed by atoms with Crippen molar-refractivity contribution in [1.82, 2.24) is 9.97 Å². The van der Waals surface area contributed by atoms with Crippen LogP contribution in [0.4, 0.5) is 6.01 Å². The minimum absolute atomic E-state index is 0.157. The van der Waals surface area contributed by atoms with Gasteiger partial charge < -0.3 is 14.6 Å². The van der Waals surface area contributed by atoms with Crippen molar-refractivity contribution in [2.24, 2.45) is 0 Å². The zero-order chi connectivity index (χ0) is 9.71. The molecule has 2 heterocycles. The molecule has 0 bridgehead atoms. The normalized spacial score (nSPS) is 11.5. The summed E-state index contributed by atoms with van der Waals surface area (Å²) in [5, 5.41) is 0. The van der Waals surface area contributed by atoms with Gasteiger partial charge in [0.1, 0.15) is 11.0 Å². The molecular weight excluding hydrogens is 182 g/mol. The summed E-state index contributed by atoms with van der Waals surface area (Å²) >= 11 is 0. The van der Waals surface area contributed by atoms with Gasteiger partial charge in [-0.15, -0.1) is 0 Å². The number of benzene rings is 1. The van der Waals surface area contributed by atoms with E-state index < -0.39 is 0 Å². The second kappa shape index (κ2) is 2.25. The van der Waals surface area contributed by atoms with Gasteiger partial charge in [-0.05, 0) is 6.07 Å². The molecule has 0 atom stereocenters. The molecule has 0 saturated heterocycles. The number of anilines is 1. The van der Waals surface area contributed by atoms with Gasteiger partial charge in [-0.2, -0.15) is 4.98 Å². The van der Waals surface area contributed by atoms with Gasteiger partial charge in [0, 0.05) is 13.0 Å². The van der Waals surface area contributed by atoms with Crippen LogP contribution in [-0.4, -0.2) is 9.97 Å². The summed E-state index contributed by atoms with van der Waals surface area (Å²) in [6.45, 7) is 1.80. The Labute approximate surface area is 78.5 Å². The van der Waals surface area contributed by atoms with Crippen LogP contribution in [0, 0.1) is 6.92 Å². The second-order valence-electron chi connectivity index (χ2n) is 3.07. The number of nitrogens with zero attached hydrogens (tertiary/aromatic N) is 2. The molecular formula is C9H7N3O2. The molecule has 0 radical (unpaired) electrons. The summed E-state index contributed by atoms with van der Waals surface area (Å²) in [5.74, 6) is 0.626. The van der Waals surface area contributed by atoms with E-state index in [0.717, 1.165) is 5.52 Å². The van der Waals surface area contributed by atoms with Gasteiger partial charge in [-0.1, -0.05) is 0 Å². The van der Waals surface area contributed by atoms with Crippen molar-refractivity contribution >= 4 is 28.2 Å². The van der Waals surface area contributed by atoms with Crippen molar-refractivity contribution in [3.8, 4) is 0 Å². The van der Waals surface area contributed by atoms with Crippen molar-refractivity contribution in [3.05, 3.63) is 18.0 Å². The monoisotopic (exact) mass is 189 g/mol. The lowest BCUT2D eigenvalue weighted by Crippen LogP contribution is -1.80. The van der Waals surface area contributed by atoms with Gasteiger partial charge in [-0.3, -0.25) is 0 Å². The molecule has 2 aromatic heterocycles. The van der Waals surface area contributed by atoms with Gasteiger partial charge in [0.05, 0.1) is 0 Å². The third-order valence-corrected chi connectivity index (χ3v) is 2.02. The van der Waals surface area contributed by atoms with E-state index in [1.807, 2.05) is 0 Å². The molecule has 5 heteroatoms. The number of oxazole rings is 2. The van der Waals surface area contributed by atoms with Crippen LogP contribution < -0.4 is 5.73 Å². The van der Waals surface area contributed by atoms with Crippen molar-refractivity contribution in [1.29, 1.82) is 0 Å². The van der Waals surface area contributed by atoms with Gasteiger partial charge in [0.15, 0.2) is 17.1 Å². The summed E-state index contributed by atoms with van der Waals surface area (Å²) in [4.78, 5) is 8.19. The summed E-state index contributed by atoms with van der Waals surface area (Å²) in [6.07, 6.45) is 0. The molecule has 3 aromatic rings. The zero-order valence-corrected chi connectivity index (χ0v) is 7.44. The van der Waals surface area contributed by atoms with E-state index in [9.17, 15) is 0 Å². The number of nitrogen functional groups attached to an aromatic ring is 1. The quantitative estimate of drug-likeness (QED) is 0.583. The minimum Gasteiger partial charge on any atom is -0.441 e. The van der Waals surface area contributed by atoms with Gasteiger partial charge in [-0.25, -0.2) is 4.98 Å². The molecule has 0 aliphatic carbocycles. The lowest BCUT2D eigenvalue weighted by Gasteiger charge is -1.84. The SMILES string of the molecule is Cc1nc2cc3nc(N)oc3cc2o1. The van der Waals surface area contributed by atoms with Crippen molar-refractivity contribution < 1.29 is 8.83 Å². The number of fused-ring (bicyclic) bond motifs is 2. The van der Waals surface area contributed by atoms with E-state index in [0.29, 0.717) is 22.6 Å². The molecule has 0 aliphatic rings. The largest absolute Gasteiger partial charge is 0.441 e. The van der Waals surface area contributed by atoms with Gasteiger partial charge in [0.2, 0.25) is 0 Å². The molecule has 0 spiro atoms. The van der Waals surface area contributed by atoms with Crippen LogP contribution in [0.5, 0.6) is 0 Å². The van der Waals surface area contributed by atoms with Crippen LogP contribution in [0.2, 0.25) is 0 Å². The van der Waals surface area contributed by atoms with E-state index in [1.165, 1.54) is 0 Å². The molecule has 0 unspecified atom stereocenters. The van der Waals surface area contributed by atoms with Gasteiger partial charge >= 0.3 is 0 Å². The Morgan fingerprint density at radius 3 is 2.64 bits per heavy atom. The van der Waals surface area contributed by atoms with E-state index in [1.54, 1.807) is 19.1 Å². The number of aryl methyl sites for hydroxylation is 1. The average Bonchev–Trinajstić information content (AvgIpc) is 2.59. The maximum atomic E-state index is 5.42. The highest BCUT2D eigenvalue weighted by Crippen LogP contribution is 2.24. The second-order valence-corrected chi connectivity index (χ2v) is 3.07. The Morgan fingerprint density at radius 1 is 1.07 bits per heavy atom. The van der Waals surface area contributed by atoms with Crippen LogP contribution in [0.1, 0.15) is 5.89 Å². The molecule has 3 rings (SSSR count). The van der Waals surface area contributed by atoms with Crippen LogP contribution in [-0.2, 0) is 0 Å². The van der Waals surface area contributed by atoms with E-state index in [-0.39, 0.29) is 6.01 Å². The molecule has 2 N–H and O–H groups in total. The molecule has 70 valence electrons. The predicted octanol–water partition coefficient (Wildman–Crippen LogP) is 1.86. The Kier molecular flexibility index (Phi) is 1.19. The molecule has 5 nitrogen and oxygen atoms in total. The first kappa shape index (κ1) is 7.37. The lowest BCUT2D eigenvalue weighted by molar-refractivity contribution is 0.560. The van der Waals surface area contributed by atoms with Crippen LogP contribution >= 0.6 is 0 Å². The highest BCUT2D eigenvalue weighted by atomic mass is 16.4. The number of hydrogen-bond acceptors (Lipinski definition) is 5. The molecule has 0 amide bonds. The topological polar surface area (TPSA) is 78.1 Å². The molecule has 1 aromatic carbocycles. The summed E-state index contributed by atoms with van der Waals surface area (Å²) < 4.78 is 10.5. The average molecular weight is 189 g/mol. The number of hydrogen-bond donors (Lipinski definition) is 1. The lowest BCUT2D eigenvalue weighted by atomic mass is 10.3. The fraction of sp³-hybridized carbons (Fsp3) is 0.111. The molecule has 0 aliphatic heterocycles. The van der Waals surface area contributed by atoms with Crippen LogP contribution in [0.3, 0.4) is 0 Å². The third-order valence-electron chi connectivity index (χ3n) is 2.02.